The molecular weight excluding hydrogens is 1070 g/mol. The first-order valence-electron chi connectivity index (χ1n) is 28.4. The lowest BCUT2D eigenvalue weighted by Crippen LogP contribution is -2.27. The van der Waals surface area contributed by atoms with E-state index in [1.54, 1.807) is 72.7 Å². The van der Waals surface area contributed by atoms with Gasteiger partial charge in [-0.25, -0.2) is 19.6 Å². The van der Waals surface area contributed by atoms with E-state index in [1.807, 2.05) is 36.4 Å². The molecule has 82 heavy (non-hydrogen) atoms. The summed E-state index contributed by atoms with van der Waals surface area (Å²) in [6.07, 6.45) is 16.8. The molecule has 0 spiro atoms. The molecule has 18 heteroatoms. The molecule has 7 rings (SSSR count). The normalized spacial score (nSPS) is 16.7. The van der Waals surface area contributed by atoms with Gasteiger partial charge in [0, 0.05) is 17.7 Å². The summed E-state index contributed by atoms with van der Waals surface area (Å²) in [7, 11) is 0. The third kappa shape index (κ3) is 21.3. The lowest BCUT2D eigenvalue weighted by Gasteiger charge is -2.27. The summed E-state index contributed by atoms with van der Waals surface area (Å²) < 4.78 is 34.5. The van der Waals surface area contributed by atoms with E-state index < -0.39 is 11.9 Å². The number of hydrogen-bond donors (Lipinski definition) is 0. The number of carbonyl (C=O) groups is 4. The number of thiazole rings is 1. The predicted octanol–water partition coefficient (Wildman–Crippen LogP) is 12.9. The molecule has 5 aromatic rings. The van der Waals surface area contributed by atoms with Crippen LogP contribution in [0.15, 0.2) is 121 Å². The first-order valence-corrected chi connectivity index (χ1v) is 29.2. The first kappa shape index (κ1) is 61.9. The number of unbranched alkanes of at least 4 members (excludes halogenated alkanes) is 6. The highest BCUT2D eigenvalue weighted by Crippen LogP contribution is 2.34. The zero-order valence-corrected chi connectivity index (χ0v) is 47.7. The van der Waals surface area contributed by atoms with Crippen molar-refractivity contribution in [2.45, 2.75) is 110 Å². The second-order valence-electron chi connectivity index (χ2n) is 20.1. The van der Waals surface area contributed by atoms with Crippen LogP contribution >= 0.6 is 11.3 Å². The molecule has 2 fully saturated rings. The molecule has 2 aliphatic rings. The number of hydrogen-bond acceptors (Lipinski definition) is 18. The van der Waals surface area contributed by atoms with Crippen LogP contribution in [0.4, 0.5) is 5.13 Å². The number of anilines is 1. The van der Waals surface area contributed by atoms with Crippen molar-refractivity contribution in [1.82, 2.24) is 4.98 Å². The average molecular weight is 1140 g/mol. The summed E-state index contributed by atoms with van der Waals surface area (Å²) in [5.74, 6) is 7.75. The molecule has 0 bridgehead atoms. The van der Waals surface area contributed by atoms with Crippen LogP contribution in [0, 0.1) is 35.5 Å². The summed E-state index contributed by atoms with van der Waals surface area (Å²) in [6.45, 7) is 11.5. The van der Waals surface area contributed by atoms with Crippen LogP contribution in [0.2, 0.25) is 0 Å². The smallest absolute Gasteiger partial charge is 0.330 e. The van der Waals surface area contributed by atoms with Crippen LogP contribution in [0.1, 0.15) is 115 Å². The third-order valence-corrected chi connectivity index (χ3v) is 15.1. The highest BCUT2D eigenvalue weighted by molar-refractivity contribution is 7.22. The van der Waals surface area contributed by atoms with E-state index in [9.17, 15) is 19.2 Å². The number of benzene rings is 4. The van der Waals surface area contributed by atoms with Gasteiger partial charge in [-0.05, 0) is 200 Å². The van der Waals surface area contributed by atoms with Crippen molar-refractivity contribution >= 4 is 56.8 Å². The van der Waals surface area contributed by atoms with Crippen LogP contribution in [0.25, 0.3) is 10.2 Å². The van der Waals surface area contributed by atoms with Gasteiger partial charge in [0.05, 0.1) is 67.9 Å². The van der Waals surface area contributed by atoms with E-state index >= 15 is 0 Å². The van der Waals surface area contributed by atoms with Crippen LogP contribution in [-0.2, 0) is 38.4 Å². The van der Waals surface area contributed by atoms with Crippen LogP contribution in [0.5, 0.6) is 34.5 Å². The maximum absolute atomic E-state index is 13.7. The Labute approximate surface area is 484 Å². The highest BCUT2D eigenvalue weighted by Gasteiger charge is 2.30. The van der Waals surface area contributed by atoms with E-state index in [1.165, 1.54) is 17.4 Å². The number of fused-ring (bicyclic) bond motifs is 1. The van der Waals surface area contributed by atoms with E-state index in [4.69, 9.17) is 58.1 Å². The van der Waals surface area contributed by atoms with Gasteiger partial charge in [0.2, 0.25) is 5.13 Å². The van der Waals surface area contributed by atoms with Gasteiger partial charge < -0.3 is 38.2 Å². The zero-order chi connectivity index (χ0) is 57.6. The lowest BCUT2D eigenvalue weighted by atomic mass is 9.82. The lowest BCUT2D eigenvalue weighted by molar-refractivity contribution is -0.218. The van der Waals surface area contributed by atoms with E-state index in [-0.39, 0.29) is 35.6 Å². The molecule has 17 nitrogen and oxygen atoms in total. The van der Waals surface area contributed by atoms with Crippen molar-refractivity contribution in [2.24, 2.45) is 28.8 Å². The molecule has 2 aliphatic carbocycles. The second kappa shape index (κ2) is 34.5. The minimum atomic E-state index is -0.402. The topological polar surface area (TPSA) is 189 Å². The molecule has 1 aromatic heterocycles. The number of aromatic nitrogens is 1. The molecule has 0 aliphatic heterocycles. The number of rotatable bonds is 34. The van der Waals surface area contributed by atoms with E-state index in [0.29, 0.717) is 111 Å². The maximum atomic E-state index is 13.7. The van der Waals surface area contributed by atoms with Gasteiger partial charge in [-0.2, -0.15) is 14.9 Å². The van der Waals surface area contributed by atoms with Crippen molar-refractivity contribution < 1.29 is 67.1 Å². The summed E-state index contributed by atoms with van der Waals surface area (Å²) in [4.78, 5) is 77.0. The Hall–Kier alpha value is -7.72. The van der Waals surface area contributed by atoms with Crippen molar-refractivity contribution in [3.05, 3.63) is 122 Å². The Morgan fingerprint density at radius 3 is 1.66 bits per heavy atom. The zero-order valence-electron chi connectivity index (χ0n) is 46.8. The van der Waals surface area contributed by atoms with Gasteiger partial charge >= 0.3 is 23.9 Å². The van der Waals surface area contributed by atoms with Crippen molar-refractivity contribution in [1.29, 1.82) is 0 Å². The Balaban J connectivity index is 0.849. The fourth-order valence-corrected chi connectivity index (χ4v) is 10.2. The van der Waals surface area contributed by atoms with E-state index in [0.717, 1.165) is 99.1 Å². The first-order chi connectivity index (χ1) is 40.2. The number of hydrazone groups is 1. The standard InChI is InChI=1S/C64H75N3O14S/c1-4-7-38-67(64-66-57-18-12-13-19-59(57)82-64)65-44-51-43-56(79-63(71)50-26-20-47(21-27-50)45-76-80-55-34-30-53(31-35-55)73-40-15-9-11-17-42-75-61(69)6-3)36-37-58(51)81-77-46-48-22-24-49(25-23-48)62(70)78-54-32-28-52(29-33-54)72-39-14-8-10-16-41-74-60(68)5-2/h5-6,12-13,18-19,28-37,43-44,47-50H,2-3,8-11,14-17,20-27,38-42,45-46H2,1H3/b65-44+. The largest absolute Gasteiger partial charge is 0.494 e. The number of esters is 4. The van der Waals surface area contributed by atoms with E-state index in [2.05, 4.69) is 25.0 Å². The van der Waals surface area contributed by atoms with Crippen LogP contribution in [0.3, 0.4) is 0 Å². The quantitative estimate of drug-likeness (QED) is 0.00552. The van der Waals surface area contributed by atoms with Crippen molar-refractivity contribution in [3.8, 4) is 46.3 Å². The fraction of sp³-hybridized carbons (Fsp3) is 0.438. The number of nitrogens with zero attached hydrogens (tertiary/aromatic N) is 3. The predicted molar refractivity (Wildman–Crippen MR) is 313 cm³/mol. The van der Waals surface area contributed by atoms with Gasteiger partial charge in [0.1, 0.15) is 29.5 Å². The number of carbonyl (C=O) groups excluding carboxylic acids is 4. The Morgan fingerprint density at radius 2 is 1.11 bits per heavy atom. The fourth-order valence-electron chi connectivity index (χ4n) is 9.26. The van der Waals surface area contributed by atoms with Gasteiger partial charge in [-0.15, -0.1) is 5.92 Å². The number of para-hydroxylation sites is 1. The molecule has 0 radical (unpaired) electrons. The Bertz CT molecular complexity index is 2870. The molecule has 2 saturated carbocycles. The molecular formula is C64H75N3O14S. The second-order valence-corrected chi connectivity index (χ2v) is 21.1. The molecule has 4 aromatic carbocycles. The molecule has 0 saturated heterocycles. The molecule has 0 atom stereocenters. The molecule has 0 N–H and O–H groups in total. The Morgan fingerprint density at radius 1 is 0.610 bits per heavy atom. The van der Waals surface area contributed by atoms with Gasteiger partial charge in [-0.1, -0.05) is 42.5 Å². The minimum absolute atomic E-state index is 0.157. The number of ether oxygens (including phenoxy) is 6. The third-order valence-electron chi connectivity index (χ3n) is 14.0. The molecule has 0 amide bonds. The molecule has 0 unspecified atom stereocenters. The minimum Gasteiger partial charge on any atom is -0.494 e. The summed E-state index contributed by atoms with van der Waals surface area (Å²) in [5.41, 5.74) is 1.37. The van der Waals surface area contributed by atoms with Crippen LogP contribution in [-0.4, -0.2) is 81.3 Å². The molecule has 1 heterocycles. The average Bonchev–Trinajstić information content (AvgIpc) is 4.11. The summed E-state index contributed by atoms with van der Waals surface area (Å²) >= 11 is 1.51. The SMILES string of the molecule is C=CC(=O)OCCCCCCOc1ccc(OOCC2CCC(C(=O)Oc3ccc(OOCC4CCC(C(=O)Oc5ccc(OCCCCCCOC(=O)C=C)cc5)CC4)c(/C=N/N(CC#CC)c4nc5ccccc5s4)c3)CC2)cc1. The van der Waals surface area contributed by atoms with Gasteiger partial charge in [-0.3, -0.25) is 9.59 Å². The van der Waals surface area contributed by atoms with Crippen molar-refractivity contribution in [3.63, 3.8) is 0 Å². The highest BCUT2D eigenvalue weighted by atomic mass is 32.1. The van der Waals surface area contributed by atoms with Gasteiger partial charge in [0.25, 0.3) is 0 Å². The molecule has 436 valence electrons. The van der Waals surface area contributed by atoms with Crippen LogP contribution < -0.4 is 33.7 Å². The maximum Gasteiger partial charge on any atom is 0.330 e. The summed E-state index contributed by atoms with van der Waals surface area (Å²) in [6, 6.07) is 27.4. The Kier molecular flexibility index (Phi) is 26.1. The monoisotopic (exact) mass is 1140 g/mol. The van der Waals surface area contributed by atoms with Crippen molar-refractivity contribution in [2.75, 3.05) is 51.2 Å². The van der Waals surface area contributed by atoms with Gasteiger partial charge in [0.15, 0.2) is 11.5 Å². The summed E-state index contributed by atoms with van der Waals surface area (Å²) in [5, 5.41) is 7.21.